The lowest BCUT2D eigenvalue weighted by Crippen LogP contribution is -2.13. The summed E-state index contributed by atoms with van der Waals surface area (Å²) in [4.78, 5) is 0.294. The van der Waals surface area contributed by atoms with Crippen LogP contribution in [0.1, 0.15) is 16.7 Å². The van der Waals surface area contributed by atoms with Gasteiger partial charge in [0.15, 0.2) is 5.82 Å². The minimum Gasteiger partial charge on any atom is -0.389 e. The molecule has 0 saturated heterocycles. The monoisotopic (exact) mass is 336 g/mol. The first kappa shape index (κ1) is 13.9. The fourth-order valence-electron chi connectivity index (χ4n) is 1.78. The summed E-state index contributed by atoms with van der Waals surface area (Å²) in [6, 6.07) is 5.79. The van der Waals surface area contributed by atoms with Crippen LogP contribution in [0, 0.1) is 13.8 Å². The van der Waals surface area contributed by atoms with Crippen molar-refractivity contribution in [1.82, 2.24) is 10.2 Å². The molecule has 0 aliphatic rings. The maximum atomic E-state index is 5.67. The highest BCUT2D eigenvalue weighted by atomic mass is 79.9. The van der Waals surface area contributed by atoms with Crippen molar-refractivity contribution < 1.29 is 0 Å². The van der Waals surface area contributed by atoms with Crippen LogP contribution in [-0.2, 0) is 0 Å². The first-order valence-corrected chi connectivity index (χ1v) is 6.84. The zero-order chi connectivity index (χ0) is 14.0. The number of nitrogens with zero attached hydrogens (tertiary/aromatic N) is 2. The molecule has 0 bridgehead atoms. The van der Waals surface area contributed by atoms with Gasteiger partial charge in [-0.3, -0.25) is 0 Å². The van der Waals surface area contributed by atoms with E-state index in [-0.39, 0.29) is 0 Å². The second-order valence-electron chi connectivity index (χ2n) is 4.21. The molecule has 3 N–H and O–H groups in total. The molecule has 0 unspecified atom stereocenters. The van der Waals surface area contributed by atoms with Crippen LogP contribution in [0.4, 0.5) is 11.5 Å². The molecule has 1 aromatic carbocycles. The number of hydrogen-bond acceptors (Lipinski definition) is 4. The Balaban J connectivity index is 2.39. The van der Waals surface area contributed by atoms with Gasteiger partial charge in [-0.1, -0.05) is 28.1 Å². The molecule has 2 rings (SSSR count). The zero-order valence-corrected chi connectivity index (χ0v) is 13.0. The predicted molar refractivity (Wildman–Crippen MR) is 84.8 cm³/mol. The fourth-order valence-corrected chi connectivity index (χ4v) is 2.17. The first-order chi connectivity index (χ1) is 8.99. The van der Waals surface area contributed by atoms with Gasteiger partial charge in [0.05, 0.1) is 11.8 Å². The fraction of sp³-hybridized carbons (Fsp3) is 0.154. The number of benzene rings is 1. The summed E-state index contributed by atoms with van der Waals surface area (Å²) in [7, 11) is 0. The molecule has 19 heavy (non-hydrogen) atoms. The highest BCUT2D eigenvalue weighted by Crippen LogP contribution is 2.27. The smallest absolute Gasteiger partial charge is 0.163 e. The number of aromatic nitrogens is 2. The number of rotatable bonds is 3. The Morgan fingerprint density at radius 1 is 1.32 bits per heavy atom. The second kappa shape index (κ2) is 5.63. The van der Waals surface area contributed by atoms with Gasteiger partial charge >= 0.3 is 0 Å². The Morgan fingerprint density at radius 3 is 2.53 bits per heavy atom. The minimum absolute atomic E-state index is 0.294. The van der Waals surface area contributed by atoms with E-state index >= 15 is 0 Å². The lowest BCUT2D eigenvalue weighted by Gasteiger charge is -2.11. The molecule has 0 atom stereocenters. The average molecular weight is 337 g/mol. The standard InChI is InChI=1S/C13H13BrN4S/c1-7-5-9(6-8(2)11(7)14)17-13-10(12(15)19)3-4-16-18-13/h3-6H,1-2H3,(H2,15,19)(H,17,18). The van der Waals surface area contributed by atoms with E-state index in [9.17, 15) is 0 Å². The topological polar surface area (TPSA) is 63.8 Å². The minimum atomic E-state index is 0.294. The van der Waals surface area contributed by atoms with Crippen LogP contribution < -0.4 is 11.1 Å². The molecule has 4 nitrogen and oxygen atoms in total. The number of hydrogen-bond donors (Lipinski definition) is 2. The number of nitrogens with two attached hydrogens (primary N) is 1. The summed E-state index contributed by atoms with van der Waals surface area (Å²) in [6.45, 7) is 4.07. The molecule has 0 spiro atoms. The zero-order valence-electron chi connectivity index (χ0n) is 10.6. The van der Waals surface area contributed by atoms with Crippen LogP contribution in [-0.4, -0.2) is 15.2 Å². The highest BCUT2D eigenvalue weighted by molar-refractivity contribution is 9.10. The number of aryl methyl sites for hydroxylation is 2. The van der Waals surface area contributed by atoms with E-state index in [0.717, 1.165) is 21.3 Å². The van der Waals surface area contributed by atoms with Crippen LogP contribution >= 0.6 is 28.1 Å². The maximum absolute atomic E-state index is 5.67. The number of anilines is 2. The molecule has 98 valence electrons. The summed E-state index contributed by atoms with van der Waals surface area (Å²) in [5.41, 5.74) is 9.56. The van der Waals surface area contributed by atoms with E-state index in [4.69, 9.17) is 18.0 Å². The van der Waals surface area contributed by atoms with Crippen LogP contribution in [0.3, 0.4) is 0 Å². The normalized spacial score (nSPS) is 10.3. The summed E-state index contributed by atoms with van der Waals surface area (Å²) in [5.74, 6) is 0.566. The van der Waals surface area contributed by atoms with E-state index in [1.54, 1.807) is 12.3 Å². The summed E-state index contributed by atoms with van der Waals surface area (Å²) in [6.07, 6.45) is 1.57. The predicted octanol–water partition coefficient (Wildman–Crippen LogP) is 3.23. The van der Waals surface area contributed by atoms with Gasteiger partial charge in [-0.25, -0.2) is 0 Å². The van der Waals surface area contributed by atoms with Crippen molar-refractivity contribution >= 4 is 44.6 Å². The van der Waals surface area contributed by atoms with E-state index in [2.05, 4.69) is 31.4 Å². The maximum Gasteiger partial charge on any atom is 0.163 e. The number of halogens is 1. The van der Waals surface area contributed by atoms with Gasteiger partial charge < -0.3 is 11.1 Å². The van der Waals surface area contributed by atoms with Crippen LogP contribution in [0.25, 0.3) is 0 Å². The van der Waals surface area contributed by atoms with E-state index in [1.807, 2.05) is 26.0 Å². The van der Waals surface area contributed by atoms with Gasteiger partial charge in [0.25, 0.3) is 0 Å². The third kappa shape index (κ3) is 3.08. The highest BCUT2D eigenvalue weighted by Gasteiger charge is 2.08. The Bertz CT molecular complexity index is 619. The molecule has 1 aromatic heterocycles. The quantitative estimate of drug-likeness (QED) is 0.842. The molecular weight excluding hydrogens is 324 g/mol. The number of thiocarbonyl (C=S) groups is 1. The Hall–Kier alpha value is -1.53. The third-order valence-electron chi connectivity index (χ3n) is 2.69. The van der Waals surface area contributed by atoms with Gasteiger partial charge in [-0.15, -0.1) is 5.10 Å². The molecule has 0 aliphatic heterocycles. The van der Waals surface area contributed by atoms with Crippen molar-refractivity contribution in [2.24, 2.45) is 5.73 Å². The first-order valence-electron chi connectivity index (χ1n) is 5.64. The van der Waals surface area contributed by atoms with E-state index in [1.165, 1.54) is 0 Å². The summed E-state index contributed by atoms with van der Waals surface area (Å²) >= 11 is 8.54. The molecule has 0 fully saturated rings. The lowest BCUT2D eigenvalue weighted by molar-refractivity contribution is 1.03. The van der Waals surface area contributed by atoms with Crippen molar-refractivity contribution in [3.05, 3.63) is 45.6 Å². The van der Waals surface area contributed by atoms with E-state index in [0.29, 0.717) is 16.4 Å². The number of nitrogens with one attached hydrogen (secondary N) is 1. The van der Waals surface area contributed by atoms with Crippen molar-refractivity contribution in [3.63, 3.8) is 0 Å². The Morgan fingerprint density at radius 2 is 1.95 bits per heavy atom. The van der Waals surface area contributed by atoms with Crippen molar-refractivity contribution in [2.75, 3.05) is 5.32 Å². The second-order valence-corrected chi connectivity index (χ2v) is 5.44. The molecular formula is C13H13BrN4S. The van der Waals surface area contributed by atoms with Gasteiger partial charge in [-0.05, 0) is 43.2 Å². The summed E-state index contributed by atoms with van der Waals surface area (Å²) < 4.78 is 1.10. The molecule has 0 saturated carbocycles. The largest absolute Gasteiger partial charge is 0.389 e. The average Bonchev–Trinajstić information content (AvgIpc) is 2.36. The summed E-state index contributed by atoms with van der Waals surface area (Å²) in [5, 5.41) is 11.1. The van der Waals surface area contributed by atoms with Crippen LogP contribution in [0.15, 0.2) is 28.9 Å². The van der Waals surface area contributed by atoms with Crippen LogP contribution in [0.5, 0.6) is 0 Å². The van der Waals surface area contributed by atoms with Crippen molar-refractivity contribution in [3.8, 4) is 0 Å². The lowest BCUT2D eigenvalue weighted by atomic mass is 10.1. The SMILES string of the molecule is Cc1cc(Nc2nnccc2C(N)=S)cc(C)c1Br. The van der Waals surface area contributed by atoms with Gasteiger partial charge in [0.1, 0.15) is 4.99 Å². The van der Waals surface area contributed by atoms with Crippen LogP contribution in [0.2, 0.25) is 0 Å². The molecule has 0 amide bonds. The Kier molecular flexibility index (Phi) is 4.11. The van der Waals surface area contributed by atoms with Gasteiger partial charge in [0, 0.05) is 10.2 Å². The molecule has 0 aliphatic carbocycles. The molecule has 2 aromatic rings. The molecule has 1 heterocycles. The van der Waals surface area contributed by atoms with Gasteiger partial charge in [0.2, 0.25) is 0 Å². The molecule has 0 radical (unpaired) electrons. The Labute approximate surface area is 125 Å². The molecule has 6 heteroatoms. The third-order valence-corrected chi connectivity index (χ3v) is 4.16. The van der Waals surface area contributed by atoms with Gasteiger partial charge in [-0.2, -0.15) is 5.10 Å². The van der Waals surface area contributed by atoms with E-state index < -0.39 is 0 Å². The van der Waals surface area contributed by atoms with Crippen molar-refractivity contribution in [1.29, 1.82) is 0 Å². The van der Waals surface area contributed by atoms with Crippen molar-refractivity contribution in [2.45, 2.75) is 13.8 Å².